The minimum absolute atomic E-state index is 0.311. The van der Waals surface area contributed by atoms with E-state index in [4.69, 9.17) is 22.1 Å². The summed E-state index contributed by atoms with van der Waals surface area (Å²) in [5.41, 5.74) is 7.63. The van der Waals surface area contributed by atoms with E-state index >= 15 is 0 Å². The fraction of sp³-hybridized carbons (Fsp3) is 0.286. The van der Waals surface area contributed by atoms with Crippen LogP contribution in [0.5, 0.6) is 11.6 Å². The molecule has 0 aromatic carbocycles. The molecule has 5 heteroatoms. The van der Waals surface area contributed by atoms with Crippen molar-refractivity contribution in [2.45, 2.75) is 26.3 Å². The molecule has 0 unspecified atom stereocenters. The summed E-state index contributed by atoms with van der Waals surface area (Å²) >= 11 is 5.87. The van der Waals surface area contributed by atoms with E-state index in [0.717, 1.165) is 11.3 Å². The Morgan fingerprint density at radius 1 is 1.26 bits per heavy atom. The standard InChI is InChI=1S/C14H16ClN3O/c1-9(2)13-3-10(6-16)4-14(18-13)19-12-5-11(15)7-17-8-12/h3-5,7-9H,6,16H2,1-2H3. The summed E-state index contributed by atoms with van der Waals surface area (Å²) in [6.45, 7) is 4.60. The van der Waals surface area contributed by atoms with Gasteiger partial charge in [-0.15, -0.1) is 0 Å². The van der Waals surface area contributed by atoms with Crippen LogP contribution < -0.4 is 10.5 Å². The SMILES string of the molecule is CC(C)c1cc(CN)cc(Oc2cncc(Cl)c2)n1. The second-order valence-electron chi connectivity index (χ2n) is 4.54. The third-order valence-corrected chi connectivity index (χ3v) is 2.82. The second kappa shape index (κ2) is 5.99. The molecule has 0 fully saturated rings. The zero-order chi connectivity index (χ0) is 13.8. The van der Waals surface area contributed by atoms with Crippen LogP contribution in [0.15, 0.2) is 30.6 Å². The highest BCUT2D eigenvalue weighted by Crippen LogP contribution is 2.24. The van der Waals surface area contributed by atoms with Gasteiger partial charge in [-0.1, -0.05) is 25.4 Å². The van der Waals surface area contributed by atoms with Gasteiger partial charge in [0.05, 0.1) is 11.2 Å². The third-order valence-electron chi connectivity index (χ3n) is 2.61. The highest BCUT2D eigenvalue weighted by molar-refractivity contribution is 6.30. The smallest absolute Gasteiger partial charge is 0.219 e. The molecule has 0 radical (unpaired) electrons. The summed E-state index contributed by atoms with van der Waals surface area (Å²) < 4.78 is 5.68. The molecule has 2 rings (SSSR count). The summed E-state index contributed by atoms with van der Waals surface area (Å²) in [6, 6.07) is 5.51. The molecule has 19 heavy (non-hydrogen) atoms. The number of nitrogens with zero attached hydrogens (tertiary/aromatic N) is 2. The fourth-order valence-corrected chi connectivity index (χ4v) is 1.78. The number of pyridine rings is 2. The van der Waals surface area contributed by atoms with Crippen LogP contribution >= 0.6 is 11.6 Å². The molecule has 0 bridgehead atoms. The van der Waals surface area contributed by atoms with Crippen molar-refractivity contribution in [1.29, 1.82) is 0 Å². The van der Waals surface area contributed by atoms with E-state index in [1.165, 1.54) is 0 Å². The number of hydrogen-bond donors (Lipinski definition) is 1. The van der Waals surface area contributed by atoms with Crippen LogP contribution in [0.1, 0.15) is 31.0 Å². The quantitative estimate of drug-likeness (QED) is 0.929. The van der Waals surface area contributed by atoms with Crippen molar-refractivity contribution in [3.63, 3.8) is 0 Å². The summed E-state index contributed by atoms with van der Waals surface area (Å²) in [6.07, 6.45) is 3.15. The molecule has 0 aliphatic rings. The van der Waals surface area contributed by atoms with Gasteiger partial charge >= 0.3 is 0 Å². The lowest BCUT2D eigenvalue weighted by atomic mass is 10.1. The highest BCUT2D eigenvalue weighted by Gasteiger charge is 2.08. The summed E-state index contributed by atoms with van der Waals surface area (Å²) in [7, 11) is 0. The molecule has 2 N–H and O–H groups in total. The average molecular weight is 278 g/mol. The first-order valence-electron chi connectivity index (χ1n) is 6.08. The molecule has 0 aliphatic heterocycles. The van der Waals surface area contributed by atoms with Crippen molar-refractivity contribution in [3.05, 3.63) is 46.9 Å². The summed E-state index contributed by atoms with van der Waals surface area (Å²) in [5.74, 6) is 1.38. The van der Waals surface area contributed by atoms with Crippen molar-refractivity contribution < 1.29 is 4.74 Å². The van der Waals surface area contributed by atoms with Crippen molar-refractivity contribution in [2.75, 3.05) is 0 Å². The first-order valence-corrected chi connectivity index (χ1v) is 6.45. The van der Waals surface area contributed by atoms with E-state index in [-0.39, 0.29) is 0 Å². The Hall–Kier alpha value is -1.65. The number of nitrogens with two attached hydrogens (primary N) is 1. The molecular weight excluding hydrogens is 262 g/mol. The van der Waals surface area contributed by atoms with Gasteiger partial charge in [-0.25, -0.2) is 4.98 Å². The van der Waals surface area contributed by atoms with Crippen LogP contribution in [-0.2, 0) is 6.54 Å². The van der Waals surface area contributed by atoms with Gasteiger partial charge in [-0.3, -0.25) is 4.98 Å². The van der Waals surface area contributed by atoms with Crippen LogP contribution in [-0.4, -0.2) is 9.97 Å². The number of halogens is 1. The minimum atomic E-state index is 0.311. The molecular formula is C14H16ClN3O. The van der Waals surface area contributed by atoms with Crippen molar-refractivity contribution >= 4 is 11.6 Å². The molecule has 100 valence electrons. The van der Waals surface area contributed by atoms with Crippen LogP contribution in [0.25, 0.3) is 0 Å². The van der Waals surface area contributed by atoms with Crippen molar-refractivity contribution in [3.8, 4) is 11.6 Å². The van der Waals surface area contributed by atoms with Gasteiger partial charge in [0, 0.05) is 30.6 Å². The normalized spacial score (nSPS) is 10.8. The molecule has 0 saturated heterocycles. The van der Waals surface area contributed by atoms with Crippen LogP contribution in [0.4, 0.5) is 0 Å². The Morgan fingerprint density at radius 3 is 2.68 bits per heavy atom. The predicted molar refractivity (Wildman–Crippen MR) is 75.5 cm³/mol. The Morgan fingerprint density at radius 2 is 2.05 bits per heavy atom. The summed E-state index contributed by atoms with van der Waals surface area (Å²) in [5, 5.41) is 0.525. The molecule has 2 aromatic rings. The largest absolute Gasteiger partial charge is 0.437 e. The molecule has 0 saturated carbocycles. The summed E-state index contributed by atoms with van der Waals surface area (Å²) in [4.78, 5) is 8.43. The lowest BCUT2D eigenvalue weighted by molar-refractivity contribution is 0.456. The highest BCUT2D eigenvalue weighted by atomic mass is 35.5. The number of aromatic nitrogens is 2. The topological polar surface area (TPSA) is 61.0 Å². The fourth-order valence-electron chi connectivity index (χ4n) is 1.62. The molecule has 0 atom stereocenters. The number of ether oxygens (including phenoxy) is 1. The molecule has 0 spiro atoms. The van der Waals surface area contributed by atoms with E-state index < -0.39 is 0 Å². The minimum Gasteiger partial charge on any atom is -0.437 e. The molecule has 0 aliphatic carbocycles. The lowest BCUT2D eigenvalue weighted by Crippen LogP contribution is -2.02. The Bertz CT molecular complexity index is 572. The first kappa shape index (κ1) is 13.8. The zero-order valence-corrected chi connectivity index (χ0v) is 11.7. The molecule has 4 nitrogen and oxygen atoms in total. The maximum atomic E-state index is 5.87. The monoisotopic (exact) mass is 277 g/mol. The predicted octanol–water partition coefficient (Wildman–Crippen LogP) is 3.50. The van der Waals surface area contributed by atoms with E-state index in [1.807, 2.05) is 12.1 Å². The van der Waals surface area contributed by atoms with E-state index in [9.17, 15) is 0 Å². The van der Waals surface area contributed by atoms with Gasteiger partial charge in [-0.05, 0) is 17.5 Å². The zero-order valence-electron chi connectivity index (χ0n) is 10.9. The first-order chi connectivity index (χ1) is 9.08. The van der Waals surface area contributed by atoms with E-state index in [2.05, 4.69) is 23.8 Å². The lowest BCUT2D eigenvalue weighted by Gasteiger charge is -2.11. The average Bonchev–Trinajstić information content (AvgIpc) is 2.38. The Kier molecular flexibility index (Phi) is 4.35. The molecule has 0 amide bonds. The van der Waals surface area contributed by atoms with Gasteiger partial charge in [0.2, 0.25) is 5.88 Å². The van der Waals surface area contributed by atoms with Gasteiger partial charge in [0.15, 0.2) is 0 Å². The maximum absolute atomic E-state index is 5.87. The number of rotatable bonds is 4. The van der Waals surface area contributed by atoms with Crippen molar-refractivity contribution in [2.24, 2.45) is 5.73 Å². The second-order valence-corrected chi connectivity index (χ2v) is 4.97. The van der Waals surface area contributed by atoms with Crippen LogP contribution in [0.2, 0.25) is 5.02 Å². The van der Waals surface area contributed by atoms with Gasteiger partial charge in [0.25, 0.3) is 0 Å². The molecule has 2 aromatic heterocycles. The van der Waals surface area contributed by atoms with Crippen LogP contribution in [0.3, 0.4) is 0 Å². The van der Waals surface area contributed by atoms with Crippen molar-refractivity contribution in [1.82, 2.24) is 9.97 Å². The van der Waals surface area contributed by atoms with Crippen LogP contribution in [0, 0.1) is 0 Å². The molecule has 2 heterocycles. The maximum Gasteiger partial charge on any atom is 0.219 e. The van der Waals surface area contributed by atoms with Gasteiger partial charge in [-0.2, -0.15) is 0 Å². The number of hydrogen-bond acceptors (Lipinski definition) is 4. The van der Waals surface area contributed by atoms with Gasteiger partial charge in [0.1, 0.15) is 5.75 Å². The Labute approximate surface area is 117 Å². The van der Waals surface area contributed by atoms with Gasteiger partial charge < -0.3 is 10.5 Å². The Balaban J connectivity index is 2.31. The van der Waals surface area contributed by atoms with E-state index in [1.54, 1.807) is 18.5 Å². The van der Waals surface area contributed by atoms with E-state index in [0.29, 0.717) is 29.1 Å². The third kappa shape index (κ3) is 3.66.